The summed E-state index contributed by atoms with van der Waals surface area (Å²) < 4.78 is 16.3. The molecule has 1 aliphatic heterocycles. The van der Waals surface area contributed by atoms with E-state index in [0.717, 1.165) is 12.0 Å². The Morgan fingerprint density at radius 2 is 2.16 bits per heavy atom. The molecule has 0 bridgehead atoms. The van der Waals surface area contributed by atoms with Crippen LogP contribution in [0.3, 0.4) is 0 Å². The van der Waals surface area contributed by atoms with Crippen molar-refractivity contribution in [3.05, 3.63) is 48.3 Å². The molecule has 25 heavy (non-hydrogen) atoms. The zero-order valence-corrected chi connectivity index (χ0v) is 14.5. The standard InChI is InChI=1S/C19H22N2O4/c1-3-14(2)21(11-15-5-4-8-20-10-15)19(22)12-23-16-6-7-17-18(9-16)25-13-24-17/h4-10,14H,3,11-13H2,1-2H3. The molecule has 0 fully saturated rings. The number of ether oxygens (including phenoxy) is 3. The molecule has 6 nitrogen and oxygen atoms in total. The average molecular weight is 342 g/mol. The first-order chi connectivity index (χ1) is 12.2. The molecule has 1 amide bonds. The largest absolute Gasteiger partial charge is 0.484 e. The van der Waals surface area contributed by atoms with Gasteiger partial charge in [0.2, 0.25) is 6.79 Å². The van der Waals surface area contributed by atoms with Gasteiger partial charge in [0.1, 0.15) is 5.75 Å². The van der Waals surface area contributed by atoms with E-state index in [0.29, 0.717) is 23.8 Å². The Labute approximate surface area is 147 Å². The third-order valence-corrected chi connectivity index (χ3v) is 4.23. The fraction of sp³-hybridized carbons (Fsp3) is 0.368. The van der Waals surface area contributed by atoms with Gasteiger partial charge >= 0.3 is 0 Å². The van der Waals surface area contributed by atoms with Crippen molar-refractivity contribution in [3.8, 4) is 17.2 Å². The van der Waals surface area contributed by atoms with Crippen molar-refractivity contribution in [3.63, 3.8) is 0 Å². The van der Waals surface area contributed by atoms with Gasteiger partial charge in [0.05, 0.1) is 0 Å². The summed E-state index contributed by atoms with van der Waals surface area (Å²) in [6, 6.07) is 9.25. The maximum Gasteiger partial charge on any atom is 0.261 e. The summed E-state index contributed by atoms with van der Waals surface area (Å²) in [5.41, 5.74) is 0.999. The molecule has 3 rings (SSSR count). The number of pyridine rings is 1. The van der Waals surface area contributed by atoms with Gasteiger partial charge in [-0.25, -0.2) is 0 Å². The normalized spacial score (nSPS) is 13.4. The van der Waals surface area contributed by atoms with Gasteiger partial charge in [0.25, 0.3) is 5.91 Å². The Balaban J connectivity index is 1.63. The summed E-state index contributed by atoms with van der Waals surface area (Å²) in [5, 5.41) is 0. The first-order valence-corrected chi connectivity index (χ1v) is 8.38. The number of carbonyl (C=O) groups excluding carboxylic acids is 1. The highest BCUT2D eigenvalue weighted by molar-refractivity contribution is 5.78. The van der Waals surface area contributed by atoms with Crippen LogP contribution in [0.4, 0.5) is 0 Å². The highest BCUT2D eigenvalue weighted by Crippen LogP contribution is 2.35. The molecular weight excluding hydrogens is 320 g/mol. The van der Waals surface area contributed by atoms with Gasteiger partial charge in [-0.05, 0) is 37.1 Å². The lowest BCUT2D eigenvalue weighted by Gasteiger charge is -2.28. The minimum absolute atomic E-state index is 0.0236. The van der Waals surface area contributed by atoms with Gasteiger partial charge in [-0.3, -0.25) is 9.78 Å². The van der Waals surface area contributed by atoms with Crippen molar-refractivity contribution in [1.29, 1.82) is 0 Å². The lowest BCUT2D eigenvalue weighted by atomic mass is 10.2. The van der Waals surface area contributed by atoms with Crippen LogP contribution in [0.15, 0.2) is 42.7 Å². The van der Waals surface area contributed by atoms with Gasteiger partial charge in [-0.2, -0.15) is 0 Å². The minimum atomic E-state index is -0.0594. The first kappa shape index (κ1) is 17.1. The van der Waals surface area contributed by atoms with Crippen LogP contribution in [0.25, 0.3) is 0 Å². The highest BCUT2D eigenvalue weighted by Gasteiger charge is 2.20. The quantitative estimate of drug-likeness (QED) is 0.774. The summed E-state index contributed by atoms with van der Waals surface area (Å²) in [7, 11) is 0. The molecule has 1 unspecified atom stereocenters. The number of nitrogens with zero attached hydrogens (tertiary/aromatic N) is 2. The second-order valence-electron chi connectivity index (χ2n) is 5.94. The molecule has 0 aliphatic carbocycles. The molecule has 0 spiro atoms. The van der Waals surface area contributed by atoms with E-state index in [2.05, 4.69) is 11.9 Å². The number of fused-ring (bicyclic) bond motifs is 1. The number of carbonyl (C=O) groups is 1. The van der Waals surface area contributed by atoms with E-state index in [1.165, 1.54) is 0 Å². The number of aromatic nitrogens is 1. The summed E-state index contributed by atoms with van der Waals surface area (Å²) in [4.78, 5) is 18.6. The van der Waals surface area contributed by atoms with Crippen molar-refractivity contribution in [1.82, 2.24) is 9.88 Å². The predicted octanol–water partition coefficient (Wildman–Crippen LogP) is 3.02. The van der Waals surface area contributed by atoms with Crippen LogP contribution in [0.1, 0.15) is 25.8 Å². The van der Waals surface area contributed by atoms with E-state index in [4.69, 9.17) is 14.2 Å². The van der Waals surface area contributed by atoms with E-state index in [9.17, 15) is 4.79 Å². The molecule has 1 atom stereocenters. The molecule has 2 aromatic rings. The Hall–Kier alpha value is -2.76. The maximum absolute atomic E-state index is 12.7. The molecule has 0 saturated heterocycles. The van der Waals surface area contributed by atoms with Crippen LogP contribution in [0.5, 0.6) is 17.2 Å². The lowest BCUT2D eigenvalue weighted by molar-refractivity contribution is -0.136. The van der Waals surface area contributed by atoms with Gasteiger partial charge in [-0.15, -0.1) is 0 Å². The summed E-state index contributed by atoms with van der Waals surface area (Å²) in [5.74, 6) is 1.86. The molecule has 6 heteroatoms. The number of hydrogen-bond donors (Lipinski definition) is 0. The first-order valence-electron chi connectivity index (χ1n) is 8.38. The second-order valence-corrected chi connectivity index (χ2v) is 5.94. The van der Waals surface area contributed by atoms with Crippen LogP contribution in [0, 0.1) is 0 Å². The number of hydrogen-bond acceptors (Lipinski definition) is 5. The van der Waals surface area contributed by atoms with Crippen molar-refractivity contribution >= 4 is 5.91 Å². The zero-order chi connectivity index (χ0) is 17.6. The Kier molecular flexibility index (Phi) is 5.38. The van der Waals surface area contributed by atoms with Crippen LogP contribution in [-0.4, -0.2) is 35.2 Å². The SMILES string of the molecule is CCC(C)N(Cc1cccnc1)C(=O)COc1ccc2c(c1)OCO2. The van der Waals surface area contributed by atoms with E-state index >= 15 is 0 Å². The Morgan fingerprint density at radius 3 is 2.92 bits per heavy atom. The van der Waals surface area contributed by atoms with Gasteiger partial charge in [0.15, 0.2) is 18.1 Å². The van der Waals surface area contributed by atoms with Crippen molar-refractivity contribution in [2.45, 2.75) is 32.9 Å². The molecule has 0 saturated carbocycles. The van der Waals surface area contributed by atoms with Gasteiger partial charge in [-0.1, -0.05) is 13.0 Å². The van der Waals surface area contributed by atoms with Crippen molar-refractivity contribution in [2.24, 2.45) is 0 Å². The number of rotatable bonds is 7. The highest BCUT2D eigenvalue weighted by atomic mass is 16.7. The third kappa shape index (κ3) is 4.21. The number of amides is 1. The minimum Gasteiger partial charge on any atom is -0.484 e. The van der Waals surface area contributed by atoms with E-state index in [1.807, 2.05) is 24.0 Å². The van der Waals surface area contributed by atoms with Gasteiger partial charge in [0, 0.05) is 31.0 Å². The molecule has 0 N–H and O–H groups in total. The molecule has 1 aliphatic rings. The zero-order valence-electron chi connectivity index (χ0n) is 14.5. The third-order valence-electron chi connectivity index (χ3n) is 4.23. The monoisotopic (exact) mass is 342 g/mol. The summed E-state index contributed by atoms with van der Waals surface area (Å²) in [6.07, 6.45) is 4.37. The van der Waals surface area contributed by atoms with Crippen LogP contribution < -0.4 is 14.2 Å². The van der Waals surface area contributed by atoms with Crippen molar-refractivity contribution < 1.29 is 19.0 Å². The molecule has 0 radical (unpaired) electrons. The maximum atomic E-state index is 12.7. The van der Waals surface area contributed by atoms with Gasteiger partial charge < -0.3 is 19.1 Å². The van der Waals surface area contributed by atoms with Crippen molar-refractivity contribution in [2.75, 3.05) is 13.4 Å². The fourth-order valence-electron chi connectivity index (χ4n) is 2.59. The van der Waals surface area contributed by atoms with Crippen LogP contribution in [0.2, 0.25) is 0 Å². The van der Waals surface area contributed by atoms with E-state index in [1.54, 1.807) is 30.6 Å². The molecule has 1 aromatic carbocycles. The molecule has 1 aromatic heterocycles. The Bertz CT molecular complexity index is 721. The van der Waals surface area contributed by atoms with Crippen LogP contribution >= 0.6 is 0 Å². The number of benzene rings is 1. The topological polar surface area (TPSA) is 60.9 Å². The molecule has 132 valence electrons. The average Bonchev–Trinajstić information content (AvgIpc) is 3.12. The van der Waals surface area contributed by atoms with Crippen LogP contribution in [-0.2, 0) is 11.3 Å². The summed E-state index contributed by atoms with van der Waals surface area (Å²) >= 11 is 0. The fourth-order valence-corrected chi connectivity index (χ4v) is 2.59. The van der Waals surface area contributed by atoms with E-state index < -0.39 is 0 Å². The lowest BCUT2D eigenvalue weighted by Crippen LogP contribution is -2.40. The summed E-state index contributed by atoms with van der Waals surface area (Å²) in [6.45, 7) is 4.81. The predicted molar refractivity (Wildman–Crippen MR) is 92.6 cm³/mol. The Morgan fingerprint density at radius 1 is 1.32 bits per heavy atom. The molecular formula is C19H22N2O4. The molecule has 2 heterocycles. The van der Waals surface area contributed by atoms with E-state index in [-0.39, 0.29) is 25.3 Å². The second kappa shape index (κ2) is 7.88. The smallest absolute Gasteiger partial charge is 0.261 e.